The van der Waals surface area contributed by atoms with Gasteiger partial charge in [0.2, 0.25) is 5.91 Å². The van der Waals surface area contributed by atoms with E-state index in [-0.39, 0.29) is 11.8 Å². The van der Waals surface area contributed by atoms with Crippen molar-refractivity contribution >= 4 is 17.4 Å². The van der Waals surface area contributed by atoms with Gasteiger partial charge >= 0.3 is 0 Å². The van der Waals surface area contributed by atoms with Gasteiger partial charge in [0.15, 0.2) is 5.78 Å². The first-order valence-electron chi connectivity index (χ1n) is 7.10. The number of benzene rings is 1. The Morgan fingerprint density at radius 3 is 2.74 bits per heavy atom. The zero-order valence-corrected chi connectivity index (χ0v) is 11.1. The second kappa shape index (κ2) is 3.69. The summed E-state index contributed by atoms with van der Waals surface area (Å²) in [6.07, 6.45) is 4.19. The highest BCUT2D eigenvalue weighted by Crippen LogP contribution is 2.58. The summed E-state index contributed by atoms with van der Waals surface area (Å²) in [6, 6.07) is 5.75. The lowest BCUT2D eigenvalue weighted by Gasteiger charge is -2.10. The van der Waals surface area contributed by atoms with Crippen molar-refractivity contribution in [2.45, 2.75) is 25.7 Å². The number of carbonyl (C=O) groups is 2. The quantitative estimate of drug-likeness (QED) is 0.761. The molecule has 0 spiro atoms. The number of anilines is 1. The molecule has 98 valence electrons. The van der Waals surface area contributed by atoms with Crippen molar-refractivity contribution < 1.29 is 9.59 Å². The molecule has 2 aliphatic carbocycles. The van der Waals surface area contributed by atoms with E-state index in [9.17, 15) is 9.59 Å². The average molecular weight is 255 g/mol. The minimum Gasteiger partial charge on any atom is -0.315 e. The number of rotatable bonds is 2. The van der Waals surface area contributed by atoms with Crippen LogP contribution in [-0.4, -0.2) is 18.7 Å². The van der Waals surface area contributed by atoms with Crippen LogP contribution in [-0.2, 0) is 11.2 Å². The van der Waals surface area contributed by atoms with Gasteiger partial charge in [0, 0.05) is 24.2 Å². The van der Waals surface area contributed by atoms with E-state index < -0.39 is 0 Å². The Labute approximate surface area is 112 Å². The molecule has 1 aromatic rings. The smallest absolute Gasteiger partial charge is 0.231 e. The lowest BCUT2D eigenvalue weighted by molar-refractivity contribution is -0.117. The van der Waals surface area contributed by atoms with E-state index in [2.05, 4.69) is 0 Å². The predicted molar refractivity (Wildman–Crippen MR) is 72.2 cm³/mol. The molecule has 0 saturated heterocycles. The number of nitrogens with zero attached hydrogens (tertiary/aromatic N) is 1. The first kappa shape index (κ1) is 11.2. The minimum atomic E-state index is 0.114. The molecule has 1 aromatic carbocycles. The van der Waals surface area contributed by atoms with Crippen LogP contribution in [0, 0.1) is 17.8 Å². The first-order valence-corrected chi connectivity index (χ1v) is 7.10. The van der Waals surface area contributed by atoms with Crippen LogP contribution in [0.15, 0.2) is 18.2 Å². The zero-order valence-electron chi connectivity index (χ0n) is 11.1. The van der Waals surface area contributed by atoms with Gasteiger partial charge in [-0.05, 0) is 48.4 Å². The van der Waals surface area contributed by atoms with Crippen LogP contribution in [0.3, 0.4) is 0 Å². The van der Waals surface area contributed by atoms with Crippen molar-refractivity contribution in [2.75, 3.05) is 11.9 Å². The summed E-state index contributed by atoms with van der Waals surface area (Å²) in [5.41, 5.74) is 2.77. The van der Waals surface area contributed by atoms with Crippen LogP contribution >= 0.6 is 0 Å². The van der Waals surface area contributed by atoms with Crippen molar-refractivity contribution in [3.63, 3.8) is 0 Å². The molecule has 2 fully saturated rings. The van der Waals surface area contributed by atoms with Gasteiger partial charge in [0.1, 0.15) is 0 Å². The number of carbonyl (C=O) groups excluding carboxylic acids is 2. The Kier molecular flexibility index (Phi) is 2.17. The summed E-state index contributed by atoms with van der Waals surface area (Å²) < 4.78 is 0. The summed E-state index contributed by atoms with van der Waals surface area (Å²) >= 11 is 0. The maximum atomic E-state index is 12.5. The van der Waals surface area contributed by atoms with Crippen LogP contribution < -0.4 is 4.90 Å². The summed E-state index contributed by atoms with van der Waals surface area (Å²) in [6.45, 7) is 0. The molecule has 1 aliphatic heterocycles. The highest BCUT2D eigenvalue weighted by molar-refractivity contribution is 6.04. The van der Waals surface area contributed by atoms with Crippen LogP contribution in [0.5, 0.6) is 0 Å². The van der Waals surface area contributed by atoms with E-state index >= 15 is 0 Å². The van der Waals surface area contributed by atoms with Crippen molar-refractivity contribution in [3.05, 3.63) is 29.3 Å². The van der Waals surface area contributed by atoms with Crippen molar-refractivity contribution in [2.24, 2.45) is 17.8 Å². The standard InChI is InChI=1S/C16H17NO2/c1-17-13-6-5-9(7-10(13)8-14(17)18)16(19)15-11-3-2-4-12(11)15/h5-7,11-12,15H,2-4,8H2,1H3. The fraction of sp³-hybridized carbons (Fsp3) is 0.500. The molecule has 3 aliphatic rings. The second-order valence-electron chi connectivity index (χ2n) is 6.12. The third-order valence-electron chi connectivity index (χ3n) is 5.15. The van der Waals surface area contributed by atoms with Gasteiger partial charge in [-0.2, -0.15) is 0 Å². The maximum Gasteiger partial charge on any atom is 0.231 e. The Bertz CT molecular complexity index is 582. The minimum absolute atomic E-state index is 0.114. The normalized spacial score (nSPS) is 31.3. The molecule has 4 rings (SSSR count). The third-order valence-corrected chi connectivity index (χ3v) is 5.15. The molecule has 2 saturated carbocycles. The molecule has 3 nitrogen and oxygen atoms in total. The number of ketones is 1. The van der Waals surface area contributed by atoms with Gasteiger partial charge < -0.3 is 4.90 Å². The van der Waals surface area contributed by atoms with Gasteiger partial charge in [0.05, 0.1) is 6.42 Å². The molecule has 3 heteroatoms. The molecule has 2 unspecified atom stereocenters. The average Bonchev–Trinajstić information content (AvgIpc) is 2.76. The zero-order chi connectivity index (χ0) is 13.1. The summed E-state index contributed by atoms with van der Waals surface area (Å²) in [4.78, 5) is 25.8. The molecular formula is C16H17NO2. The van der Waals surface area contributed by atoms with Crippen LogP contribution in [0.25, 0.3) is 0 Å². The van der Waals surface area contributed by atoms with Gasteiger partial charge in [-0.1, -0.05) is 6.42 Å². The van der Waals surface area contributed by atoms with Crippen molar-refractivity contribution in [3.8, 4) is 0 Å². The largest absolute Gasteiger partial charge is 0.315 e. The van der Waals surface area contributed by atoms with Crippen LogP contribution in [0.4, 0.5) is 5.69 Å². The molecule has 0 N–H and O–H groups in total. The van der Waals surface area contributed by atoms with Gasteiger partial charge in [-0.15, -0.1) is 0 Å². The first-order chi connectivity index (χ1) is 9.16. The SMILES string of the molecule is CN1C(=O)Cc2cc(C(=O)C3C4CCCC43)ccc21. The molecule has 1 amide bonds. The Morgan fingerprint density at radius 1 is 1.26 bits per heavy atom. The Balaban J connectivity index is 1.62. The van der Waals surface area contributed by atoms with Crippen LogP contribution in [0.1, 0.15) is 35.2 Å². The fourth-order valence-electron chi connectivity index (χ4n) is 4.03. The van der Waals surface area contributed by atoms with Gasteiger partial charge in [-0.3, -0.25) is 9.59 Å². The molecule has 0 bridgehead atoms. The van der Waals surface area contributed by atoms with Gasteiger partial charge in [0.25, 0.3) is 0 Å². The van der Waals surface area contributed by atoms with Crippen LogP contribution in [0.2, 0.25) is 0 Å². The van der Waals surface area contributed by atoms with E-state index in [1.807, 2.05) is 18.2 Å². The molecule has 0 radical (unpaired) electrons. The monoisotopic (exact) mass is 255 g/mol. The molecule has 19 heavy (non-hydrogen) atoms. The number of amides is 1. The van der Waals surface area contributed by atoms with E-state index in [4.69, 9.17) is 0 Å². The van der Waals surface area contributed by atoms with Crippen molar-refractivity contribution in [1.82, 2.24) is 0 Å². The topological polar surface area (TPSA) is 37.4 Å². The number of hydrogen-bond acceptors (Lipinski definition) is 2. The maximum absolute atomic E-state index is 12.5. The van der Waals surface area contributed by atoms with E-state index in [0.29, 0.717) is 24.0 Å². The highest BCUT2D eigenvalue weighted by atomic mass is 16.2. The molecule has 2 atom stereocenters. The molecular weight excluding hydrogens is 238 g/mol. The fourth-order valence-corrected chi connectivity index (χ4v) is 4.03. The number of likely N-dealkylation sites (N-methyl/N-ethyl adjacent to an activating group) is 1. The predicted octanol–water partition coefficient (Wildman–Crippen LogP) is 2.43. The Hall–Kier alpha value is -1.64. The lowest BCUT2D eigenvalue weighted by atomic mass is 9.99. The lowest BCUT2D eigenvalue weighted by Crippen LogP contribution is -2.20. The highest BCUT2D eigenvalue weighted by Gasteiger charge is 2.56. The van der Waals surface area contributed by atoms with E-state index in [1.54, 1.807) is 11.9 Å². The Morgan fingerprint density at radius 2 is 2.00 bits per heavy atom. The van der Waals surface area contributed by atoms with E-state index in [0.717, 1.165) is 16.8 Å². The van der Waals surface area contributed by atoms with Gasteiger partial charge in [-0.25, -0.2) is 0 Å². The van der Waals surface area contributed by atoms with Crippen molar-refractivity contribution in [1.29, 1.82) is 0 Å². The number of hydrogen-bond donors (Lipinski definition) is 0. The summed E-state index contributed by atoms with van der Waals surface area (Å²) in [5.74, 6) is 2.01. The molecule has 0 aromatic heterocycles. The summed E-state index contributed by atoms with van der Waals surface area (Å²) in [5, 5.41) is 0. The molecule has 1 heterocycles. The number of Topliss-reactive ketones (excluding diaryl/α,β-unsaturated/α-hetero) is 1. The second-order valence-corrected chi connectivity index (χ2v) is 6.12. The van der Waals surface area contributed by atoms with E-state index in [1.165, 1.54) is 19.3 Å². The third kappa shape index (κ3) is 1.50. The summed E-state index contributed by atoms with van der Waals surface area (Å²) in [7, 11) is 1.79. The number of fused-ring (bicyclic) bond motifs is 2.